The van der Waals surface area contributed by atoms with E-state index in [0.29, 0.717) is 45.6 Å². The van der Waals surface area contributed by atoms with Crippen molar-refractivity contribution in [3.8, 4) is 131 Å². The van der Waals surface area contributed by atoms with E-state index < -0.39 is 5.97 Å². The van der Waals surface area contributed by atoms with E-state index in [-0.39, 0.29) is 17.1 Å². The summed E-state index contributed by atoms with van der Waals surface area (Å²) in [5.74, 6) is 49.3. The fourth-order valence-electron chi connectivity index (χ4n) is 5.99. The van der Waals surface area contributed by atoms with Gasteiger partial charge in [-0.15, -0.1) is 17.8 Å². The molecule has 2 aromatic rings. The van der Waals surface area contributed by atoms with Gasteiger partial charge in [0.2, 0.25) is 0 Å². The highest BCUT2D eigenvalue weighted by molar-refractivity contribution is 7.13. The molecule has 0 N–H and O–H groups in total. The number of hydrogen-bond donors (Lipinski definition) is 0. The molecule has 0 bridgehead atoms. The molecule has 4 nitrogen and oxygen atoms in total. The number of aryl methyl sites for hydroxylation is 1. The second-order valence-electron chi connectivity index (χ2n) is 14.4. The minimum absolute atomic E-state index is 0. The van der Waals surface area contributed by atoms with E-state index in [1.165, 1.54) is 108 Å². The Kier molecular flexibility index (Phi) is 30.4. The van der Waals surface area contributed by atoms with E-state index in [1.807, 2.05) is 13.0 Å². The summed E-state index contributed by atoms with van der Waals surface area (Å²) >= 11 is 1.32. The summed E-state index contributed by atoms with van der Waals surface area (Å²) in [5.41, 5.74) is 1.84. The number of terminal acetylenes is 1. The lowest BCUT2D eigenvalue weighted by molar-refractivity contribution is 0.0498. The molecule has 1 aromatic heterocycles. The molecular formula is C57H84O4S. The molecule has 0 aliphatic rings. The Morgan fingerprint density at radius 2 is 1.10 bits per heavy atom. The average Bonchev–Trinajstić information content (AvgIpc) is 3.69. The van der Waals surface area contributed by atoms with E-state index in [0.717, 1.165) is 37.7 Å². The molecule has 0 radical (unpaired) electrons. The summed E-state index contributed by atoms with van der Waals surface area (Å²) in [6, 6.07) is 5.42. The first-order valence-corrected chi connectivity index (χ1v) is 23.0. The number of esters is 1. The number of unbranched alkanes of at least 4 members (excludes halogenated alkanes) is 18. The number of thiophene rings is 1. The van der Waals surface area contributed by atoms with Gasteiger partial charge in [0.25, 0.3) is 0 Å². The molecule has 0 fully saturated rings. The first kappa shape index (κ1) is 51.7. The molecule has 0 aliphatic heterocycles. The molecule has 0 amide bonds. The average molecular weight is 865 g/mol. The second kappa shape index (κ2) is 36.4. The first-order chi connectivity index (χ1) is 30.5. The largest absolute Gasteiger partial charge is 0.492 e. The zero-order chi connectivity index (χ0) is 44.6. The van der Waals surface area contributed by atoms with Gasteiger partial charge in [0.15, 0.2) is 0 Å². The van der Waals surface area contributed by atoms with Crippen LogP contribution in [0.25, 0.3) is 0 Å². The standard InChI is InChI=1S/C57H60O4S.12H2/c1-6-10-14-17-20-23-26-29-32-38-44-59-54-48-51(55(47-50(54)5)60-45-39-33-30-27-24-21-18-15-11-7-2)41-36-37-42-52-49-53(56(62-52)43-35-13-9-4)57(58)61-46-40-34-31-28-25-22-19-16-12-8-3;;;;;;;;;;;;/h1,47-49H,7-8,11-12,15-16,18-19,21-22,24-25,27-28,30-31,33-34,39-40,45-46H2,2-5H3;12*1H. The molecule has 5 heteroatoms. The van der Waals surface area contributed by atoms with Gasteiger partial charge < -0.3 is 14.2 Å². The van der Waals surface area contributed by atoms with E-state index >= 15 is 0 Å². The van der Waals surface area contributed by atoms with Crippen LogP contribution < -0.4 is 9.47 Å². The van der Waals surface area contributed by atoms with Crippen LogP contribution in [-0.2, 0) is 4.74 Å². The summed E-state index contributed by atoms with van der Waals surface area (Å²) in [5, 5.41) is 0. The van der Waals surface area contributed by atoms with Crippen LogP contribution >= 0.6 is 11.3 Å². The number of benzene rings is 1. The Balaban J connectivity index is -0.000000367. The van der Waals surface area contributed by atoms with Gasteiger partial charge in [-0.3, -0.25) is 0 Å². The highest BCUT2D eigenvalue weighted by Gasteiger charge is 2.16. The first-order valence-electron chi connectivity index (χ1n) is 22.2. The van der Waals surface area contributed by atoms with Crippen LogP contribution in [0, 0.1) is 126 Å². The molecule has 0 aliphatic carbocycles. The zero-order valence-corrected chi connectivity index (χ0v) is 38.2. The third-order valence-corrected chi connectivity index (χ3v) is 10.3. The van der Waals surface area contributed by atoms with Crippen LogP contribution in [0.4, 0.5) is 0 Å². The number of ether oxygens (including phenoxy) is 3. The summed E-state index contributed by atoms with van der Waals surface area (Å²) in [4.78, 5) is 14.4. The maximum Gasteiger partial charge on any atom is 0.340 e. The van der Waals surface area contributed by atoms with Gasteiger partial charge in [-0.2, -0.15) is 0 Å². The van der Waals surface area contributed by atoms with Gasteiger partial charge >= 0.3 is 5.97 Å². The summed E-state index contributed by atoms with van der Waals surface area (Å²) in [6.07, 6.45) is 32.2. The molecule has 1 aromatic carbocycles. The molecule has 342 valence electrons. The fourth-order valence-corrected chi connectivity index (χ4v) is 6.85. The zero-order valence-electron chi connectivity index (χ0n) is 37.4. The van der Waals surface area contributed by atoms with E-state index in [2.05, 4.69) is 127 Å². The van der Waals surface area contributed by atoms with Crippen LogP contribution in [0.3, 0.4) is 0 Å². The van der Waals surface area contributed by atoms with Crippen LogP contribution in [0.2, 0.25) is 0 Å². The minimum atomic E-state index is -0.403. The van der Waals surface area contributed by atoms with Gasteiger partial charge in [-0.25, -0.2) is 4.79 Å². The normalized spacial score (nSPS) is 8.95. The van der Waals surface area contributed by atoms with Crippen LogP contribution in [-0.4, -0.2) is 19.2 Å². The molecule has 0 atom stereocenters. The van der Waals surface area contributed by atoms with Crippen molar-refractivity contribution < 1.29 is 36.1 Å². The predicted octanol–water partition coefficient (Wildman–Crippen LogP) is 15.2. The monoisotopic (exact) mass is 865 g/mol. The molecule has 62 heavy (non-hydrogen) atoms. The maximum absolute atomic E-state index is 13.1. The third-order valence-electron chi connectivity index (χ3n) is 9.31. The Hall–Kier alpha value is -6.41. The van der Waals surface area contributed by atoms with E-state index in [1.54, 1.807) is 19.1 Å². The summed E-state index contributed by atoms with van der Waals surface area (Å²) in [7, 11) is 0. The highest BCUT2D eigenvalue weighted by atomic mass is 32.1. The Morgan fingerprint density at radius 1 is 0.581 bits per heavy atom. The fraction of sp³-hybridized carbons (Fsp3) is 0.456. The summed E-state index contributed by atoms with van der Waals surface area (Å²) in [6.45, 7) is 9.08. The summed E-state index contributed by atoms with van der Waals surface area (Å²) < 4.78 is 17.7. The lowest BCUT2D eigenvalue weighted by Gasteiger charge is -2.11. The van der Waals surface area contributed by atoms with E-state index in [9.17, 15) is 4.79 Å². The topological polar surface area (TPSA) is 44.8 Å². The van der Waals surface area contributed by atoms with Crippen molar-refractivity contribution in [3.63, 3.8) is 0 Å². The lowest BCUT2D eigenvalue weighted by Crippen LogP contribution is -2.06. The highest BCUT2D eigenvalue weighted by Crippen LogP contribution is 2.29. The van der Waals surface area contributed by atoms with Crippen molar-refractivity contribution in [3.05, 3.63) is 44.6 Å². The Bertz CT molecular complexity index is 2380. The van der Waals surface area contributed by atoms with Crippen molar-refractivity contribution in [1.29, 1.82) is 0 Å². The van der Waals surface area contributed by atoms with Crippen molar-refractivity contribution in [2.45, 2.75) is 156 Å². The van der Waals surface area contributed by atoms with E-state index in [4.69, 9.17) is 20.6 Å². The lowest BCUT2D eigenvalue weighted by atomic mass is 10.1. The quantitative estimate of drug-likeness (QED) is 0.0567. The van der Waals surface area contributed by atoms with Crippen molar-refractivity contribution in [1.82, 2.24) is 0 Å². The molecule has 0 unspecified atom stereocenters. The molecule has 1 heterocycles. The van der Waals surface area contributed by atoms with Gasteiger partial charge in [0.1, 0.15) is 17.6 Å². The van der Waals surface area contributed by atoms with Crippen molar-refractivity contribution >= 4 is 17.3 Å². The smallest absolute Gasteiger partial charge is 0.340 e. The van der Waals surface area contributed by atoms with Gasteiger partial charge in [-0.05, 0) is 115 Å². The SMILES string of the molecule is C#CC#CC#CC#CC#CC#COc1cc(C#CC#Cc2cc(C(=O)OCCCCCCCCCCCC)c(C#CC#CC)s2)c(OCCCCCCCCCCCC)cc1C.[HH].[HH].[HH].[HH].[HH].[HH].[HH].[HH].[HH].[HH].[HH].[HH]. The minimum Gasteiger partial charge on any atom is -0.492 e. The molecular weight excluding hydrogens is 781 g/mol. The van der Waals surface area contributed by atoms with Crippen LogP contribution in [0.5, 0.6) is 11.5 Å². The number of rotatable bonds is 25. The van der Waals surface area contributed by atoms with Crippen LogP contribution in [0.1, 0.15) is 198 Å². The number of carbonyl (C=O) groups excluding carboxylic acids is 1. The van der Waals surface area contributed by atoms with Gasteiger partial charge in [-0.1, -0.05) is 135 Å². The molecule has 0 saturated heterocycles. The van der Waals surface area contributed by atoms with Crippen LogP contribution in [0.15, 0.2) is 18.2 Å². The molecule has 2 rings (SSSR count). The third kappa shape index (κ3) is 25.3. The molecule has 0 spiro atoms. The number of carbonyl (C=O) groups is 1. The maximum atomic E-state index is 13.1. The van der Waals surface area contributed by atoms with Gasteiger partial charge in [0.05, 0.1) is 34.1 Å². The molecule has 0 saturated carbocycles. The second-order valence-corrected chi connectivity index (χ2v) is 15.5. The Labute approximate surface area is 397 Å². The predicted molar refractivity (Wildman–Crippen MR) is 283 cm³/mol. The number of hydrogen-bond acceptors (Lipinski definition) is 5. The van der Waals surface area contributed by atoms with Crippen molar-refractivity contribution in [2.24, 2.45) is 0 Å². The van der Waals surface area contributed by atoms with Gasteiger partial charge in [0, 0.05) is 52.8 Å². The van der Waals surface area contributed by atoms with Crippen molar-refractivity contribution in [2.75, 3.05) is 13.2 Å². The Morgan fingerprint density at radius 3 is 1.68 bits per heavy atom.